The predicted molar refractivity (Wildman–Crippen MR) is 137 cm³/mol. The molecule has 2 fully saturated rings. The van der Waals surface area contributed by atoms with Crippen molar-refractivity contribution in [2.24, 2.45) is 11.7 Å². The quantitative estimate of drug-likeness (QED) is 0.361. The maximum Gasteiger partial charge on any atom is 0.168 e. The van der Waals surface area contributed by atoms with Gasteiger partial charge in [0.2, 0.25) is 0 Å². The van der Waals surface area contributed by atoms with E-state index in [1.54, 1.807) is 6.07 Å². The van der Waals surface area contributed by atoms with Crippen molar-refractivity contribution in [3.05, 3.63) is 52.7 Å². The Labute approximate surface area is 208 Å². The number of aromatic hydroxyl groups is 1. The fourth-order valence-corrected chi connectivity index (χ4v) is 7.96. The summed E-state index contributed by atoms with van der Waals surface area (Å²) in [4.78, 5) is 6.18. The molecule has 3 aromatic rings. The second-order valence-electron chi connectivity index (χ2n) is 11.2. The molecule has 180 valence electrons. The van der Waals surface area contributed by atoms with Gasteiger partial charge < -0.3 is 31.0 Å². The number of hydrogen-bond acceptors (Lipinski definition) is 5. The number of phenols is 1. The molecule has 8 rings (SSSR count). The summed E-state index contributed by atoms with van der Waals surface area (Å²) in [5, 5.41) is 28.0. The summed E-state index contributed by atoms with van der Waals surface area (Å²) in [6.45, 7) is 1.99. The number of ether oxygens (including phenoxy) is 1. The van der Waals surface area contributed by atoms with Gasteiger partial charge in [0.25, 0.3) is 0 Å². The summed E-state index contributed by atoms with van der Waals surface area (Å²) in [5.41, 5.74) is 10.3. The second kappa shape index (κ2) is 6.49. The molecular weight excluding hydrogens is 460 g/mol. The SMILES string of the molecule is NC(=S)Nc1ccc2[nH]c3c(c2c1)C[C@@]1(O)[C@H]2Cc4ccc(O)c5c4[C@@]1(CCN2CC1CC1)[C@H]3O5. The summed E-state index contributed by atoms with van der Waals surface area (Å²) in [5.74, 6) is 1.47. The number of benzene rings is 2. The number of aliphatic hydroxyl groups is 1. The van der Waals surface area contributed by atoms with Crippen LogP contribution in [0.1, 0.15) is 47.8 Å². The highest BCUT2D eigenvalue weighted by atomic mass is 32.1. The Morgan fingerprint density at radius 2 is 2.14 bits per heavy atom. The van der Waals surface area contributed by atoms with E-state index in [4.69, 9.17) is 22.7 Å². The van der Waals surface area contributed by atoms with E-state index < -0.39 is 11.0 Å². The summed E-state index contributed by atoms with van der Waals surface area (Å²) in [6, 6.07) is 9.85. The van der Waals surface area contributed by atoms with Gasteiger partial charge in [-0.3, -0.25) is 4.90 Å². The molecule has 8 heteroatoms. The number of rotatable bonds is 3. The van der Waals surface area contributed by atoms with Crippen molar-refractivity contribution < 1.29 is 14.9 Å². The van der Waals surface area contributed by atoms with Gasteiger partial charge in [-0.05, 0) is 85.8 Å². The zero-order chi connectivity index (χ0) is 23.7. The van der Waals surface area contributed by atoms with Gasteiger partial charge in [-0.2, -0.15) is 0 Å². The number of piperidine rings is 1. The average molecular weight is 489 g/mol. The number of aromatic amines is 1. The van der Waals surface area contributed by atoms with Crippen LogP contribution < -0.4 is 15.8 Å². The maximum atomic E-state index is 12.9. The highest BCUT2D eigenvalue weighted by Gasteiger charge is 2.72. The normalized spacial score (nSPS) is 32.1. The maximum absolute atomic E-state index is 12.9. The minimum Gasteiger partial charge on any atom is -0.504 e. The number of hydrogen-bond donors (Lipinski definition) is 5. The van der Waals surface area contributed by atoms with Crippen LogP contribution in [-0.4, -0.2) is 49.9 Å². The van der Waals surface area contributed by atoms with Crippen LogP contribution in [0.5, 0.6) is 11.5 Å². The molecule has 3 heterocycles. The molecule has 3 aliphatic carbocycles. The van der Waals surface area contributed by atoms with Crippen molar-refractivity contribution in [3.63, 3.8) is 0 Å². The monoisotopic (exact) mass is 488 g/mol. The first-order chi connectivity index (χ1) is 16.9. The number of H-pyrrole nitrogens is 1. The van der Waals surface area contributed by atoms with Crippen molar-refractivity contribution in [3.8, 4) is 11.5 Å². The van der Waals surface area contributed by atoms with Crippen LogP contribution in [0.2, 0.25) is 0 Å². The molecule has 1 saturated heterocycles. The molecule has 5 aliphatic rings. The van der Waals surface area contributed by atoms with Gasteiger partial charge >= 0.3 is 0 Å². The van der Waals surface area contributed by atoms with Crippen LogP contribution in [0.3, 0.4) is 0 Å². The van der Waals surface area contributed by atoms with E-state index >= 15 is 0 Å². The molecule has 0 unspecified atom stereocenters. The van der Waals surface area contributed by atoms with E-state index in [-0.39, 0.29) is 23.0 Å². The van der Waals surface area contributed by atoms with Gasteiger partial charge in [0.15, 0.2) is 22.7 Å². The summed E-state index contributed by atoms with van der Waals surface area (Å²) in [7, 11) is 0. The summed E-state index contributed by atoms with van der Waals surface area (Å²) >= 11 is 5.05. The molecular formula is C27H28N4O3S. The number of phenolic OH excluding ortho intramolecular Hbond substituents is 1. The third-order valence-electron chi connectivity index (χ3n) is 9.43. The van der Waals surface area contributed by atoms with E-state index in [9.17, 15) is 10.2 Å². The Hall–Kier alpha value is -2.81. The van der Waals surface area contributed by atoms with E-state index in [2.05, 4.69) is 21.3 Å². The first kappa shape index (κ1) is 20.4. The molecule has 2 bridgehead atoms. The number of likely N-dealkylation sites (tertiary alicyclic amines) is 1. The van der Waals surface area contributed by atoms with Gasteiger partial charge in [-0.15, -0.1) is 0 Å². The number of nitrogens with one attached hydrogen (secondary N) is 2. The Bertz CT molecular complexity index is 1450. The molecule has 0 radical (unpaired) electrons. The fourth-order valence-electron chi connectivity index (χ4n) is 7.84. The molecule has 2 aliphatic heterocycles. The third kappa shape index (κ3) is 2.45. The molecule has 6 N–H and O–H groups in total. The Morgan fingerprint density at radius 1 is 1.29 bits per heavy atom. The van der Waals surface area contributed by atoms with Crippen molar-refractivity contribution in [1.82, 2.24) is 9.88 Å². The lowest BCUT2D eigenvalue weighted by molar-refractivity contribution is -0.173. The van der Waals surface area contributed by atoms with E-state index in [0.717, 1.165) is 65.3 Å². The number of fused-ring (bicyclic) bond motifs is 4. The number of anilines is 1. The lowest BCUT2D eigenvalue weighted by Gasteiger charge is -2.62. The van der Waals surface area contributed by atoms with Crippen molar-refractivity contribution in [2.45, 2.75) is 55.3 Å². The highest BCUT2D eigenvalue weighted by Crippen LogP contribution is 2.69. The number of nitrogens with two attached hydrogens (primary N) is 1. The van der Waals surface area contributed by atoms with Crippen LogP contribution >= 0.6 is 12.2 Å². The van der Waals surface area contributed by atoms with Crippen molar-refractivity contribution >= 4 is 33.9 Å². The Kier molecular flexibility index (Phi) is 3.78. The molecule has 2 aromatic carbocycles. The molecule has 1 saturated carbocycles. The first-order valence-corrected chi connectivity index (χ1v) is 13.0. The van der Waals surface area contributed by atoms with Crippen LogP contribution in [0, 0.1) is 5.92 Å². The number of aromatic nitrogens is 1. The minimum atomic E-state index is -0.994. The highest BCUT2D eigenvalue weighted by molar-refractivity contribution is 7.80. The first-order valence-electron chi connectivity index (χ1n) is 12.6. The third-order valence-corrected chi connectivity index (χ3v) is 9.53. The lowest BCUT2D eigenvalue weighted by atomic mass is 9.49. The number of thiocarbonyl (C=S) groups is 1. The zero-order valence-electron chi connectivity index (χ0n) is 19.3. The van der Waals surface area contributed by atoms with Crippen molar-refractivity contribution in [1.29, 1.82) is 0 Å². The Balaban J connectivity index is 1.37. The van der Waals surface area contributed by atoms with Crippen LogP contribution in [0.15, 0.2) is 30.3 Å². The molecule has 7 nitrogen and oxygen atoms in total. The van der Waals surface area contributed by atoms with Gasteiger partial charge in [0.1, 0.15) is 0 Å². The van der Waals surface area contributed by atoms with Gasteiger partial charge in [0.05, 0.1) is 16.7 Å². The summed E-state index contributed by atoms with van der Waals surface area (Å²) < 4.78 is 6.64. The molecule has 4 atom stereocenters. The van der Waals surface area contributed by atoms with Gasteiger partial charge in [0, 0.05) is 41.2 Å². The smallest absolute Gasteiger partial charge is 0.168 e. The molecule has 1 aromatic heterocycles. The van der Waals surface area contributed by atoms with E-state index in [1.807, 2.05) is 18.2 Å². The van der Waals surface area contributed by atoms with E-state index in [1.165, 1.54) is 18.4 Å². The predicted octanol–water partition coefficient (Wildman–Crippen LogP) is 3.23. The van der Waals surface area contributed by atoms with Crippen LogP contribution in [0.4, 0.5) is 5.69 Å². The second-order valence-corrected chi connectivity index (χ2v) is 11.6. The largest absolute Gasteiger partial charge is 0.504 e. The lowest BCUT2D eigenvalue weighted by Crippen LogP contribution is -2.74. The number of nitrogens with zero attached hydrogens (tertiary/aromatic N) is 1. The Morgan fingerprint density at radius 3 is 2.94 bits per heavy atom. The average Bonchev–Trinajstić information content (AvgIpc) is 3.46. The molecule has 0 amide bonds. The molecule has 1 spiro atoms. The van der Waals surface area contributed by atoms with Gasteiger partial charge in [-0.1, -0.05) is 6.07 Å². The minimum absolute atomic E-state index is 0.0157. The van der Waals surface area contributed by atoms with Crippen LogP contribution in [0.25, 0.3) is 10.9 Å². The summed E-state index contributed by atoms with van der Waals surface area (Å²) in [6.07, 6.45) is 4.33. The molecule has 35 heavy (non-hydrogen) atoms. The fraction of sp³-hybridized carbons (Fsp3) is 0.444. The standard InChI is InChI=1S/C27H28N4O3S/c28-25(35)29-15-4-5-18-16(10-15)17-11-27(33)20-9-14-3-6-19(32)23-21(14)26(27,24(34-23)22(17)30-18)7-8-31(20)12-13-1-2-13/h3-6,10,13,20,24,30,32-33H,1-2,7-9,11-12H2,(H3,28,29,35)/t20-,24+,26+,27-/m1/s1. The van der Waals surface area contributed by atoms with Crippen molar-refractivity contribution in [2.75, 3.05) is 18.4 Å². The van der Waals surface area contributed by atoms with Gasteiger partial charge in [-0.25, -0.2) is 0 Å². The zero-order valence-corrected chi connectivity index (χ0v) is 20.1. The topological polar surface area (TPSA) is 107 Å². The van der Waals surface area contributed by atoms with Crippen LogP contribution in [-0.2, 0) is 18.3 Å². The van der Waals surface area contributed by atoms with E-state index in [0.29, 0.717) is 12.2 Å².